The summed E-state index contributed by atoms with van der Waals surface area (Å²) in [6.45, 7) is 0. The van der Waals surface area contributed by atoms with Gasteiger partial charge in [-0.15, -0.1) is 0 Å². The van der Waals surface area contributed by atoms with Gasteiger partial charge in [0, 0.05) is 36.3 Å². The number of H-pyrrole nitrogens is 1. The first-order chi connectivity index (χ1) is 7.81. The maximum absolute atomic E-state index is 11.6. The van der Waals surface area contributed by atoms with Crippen LogP contribution in [-0.2, 0) is 0 Å². The lowest BCUT2D eigenvalue weighted by Crippen LogP contribution is -2.01. The van der Waals surface area contributed by atoms with E-state index < -0.39 is 0 Å². The molecule has 4 nitrogen and oxygen atoms in total. The summed E-state index contributed by atoms with van der Waals surface area (Å²) in [5.41, 5.74) is 1.73. The Morgan fingerprint density at radius 2 is 2.25 bits per heavy atom. The van der Waals surface area contributed by atoms with E-state index in [9.17, 15) is 4.79 Å². The minimum atomic E-state index is 0.0000477. The number of aromatic amines is 1. The Balaban J connectivity index is 2.56. The molecule has 0 aliphatic carbocycles. The van der Waals surface area contributed by atoms with Crippen LogP contribution in [0.3, 0.4) is 0 Å². The molecule has 0 fully saturated rings. The molecule has 0 aliphatic rings. The number of hydrogen-bond donors (Lipinski definition) is 1. The van der Waals surface area contributed by atoms with Crippen molar-refractivity contribution in [3.63, 3.8) is 0 Å². The van der Waals surface area contributed by atoms with E-state index in [1.165, 1.54) is 6.07 Å². The molecule has 0 spiro atoms. The molecule has 3 rings (SSSR count). The molecule has 1 N–H and O–H groups in total. The Labute approximate surface area is 95.4 Å². The van der Waals surface area contributed by atoms with E-state index in [2.05, 4.69) is 9.97 Å². The molecule has 0 saturated carbocycles. The smallest absolute Gasteiger partial charge is 0.190 e. The van der Waals surface area contributed by atoms with E-state index in [1.807, 2.05) is 22.5 Å². The number of aromatic nitrogens is 3. The molecule has 3 heterocycles. The van der Waals surface area contributed by atoms with Gasteiger partial charge in [-0.1, -0.05) is 0 Å². The molecule has 0 atom stereocenters. The van der Waals surface area contributed by atoms with Crippen LogP contribution < -0.4 is 5.43 Å². The molecule has 0 bridgehead atoms. The van der Waals surface area contributed by atoms with Crippen molar-refractivity contribution in [3.05, 3.63) is 40.9 Å². The van der Waals surface area contributed by atoms with Gasteiger partial charge in [0.2, 0.25) is 0 Å². The molecule has 3 aromatic rings. The molecule has 0 aliphatic heterocycles. The lowest BCUT2D eigenvalue weighted by Gasteiger charge is -2.00. The third kappa shape index (κ3) is 1.18. The number of pyridine rings is 2. The van der Waals surface area contributed by atoms with Gasteiger partial charge in [0.05, 0.1) is 10.9 Å². The van der Waals surface area contributed by atoms with Crippen molar-refractivity contribution in [2.75, 3.05) is 6.26 Å². The zero-order valence-corrected chi connectivity index (χ0v) is 9.41. The monoisotopic (exact) mass is 231 g/mol. The van der Waals surface area contributed by atoms with E-state index in [0.29, 0.717) is 5.39 Å². The average molecular weight is 231 g/mol. The molecule has 0 unspecified atom stereocenters. The fourth-order valence-electron chi connectivity index (χ4n) is 1.84. The third-order valence-corrected chi connectivity index (χ3v) is 3.29. The van der Waals surface area contributed by atoms with Crippen molar-refractivity contribution in [2.24, 2.45) is 0 Å². The number of nitrogens with zero attached hydrogens (tertiary/aromatic N) is 2. The van der Waals surface area contributed by atoms with Crippen molar-refractivity contribution in [3.8, 4) is 0 Å². The summed E-state index contributed by atoms with van der Waals surface area (Å²) in [7, 11) is 0. The highest BCUT2D eigenvalue weighted by Crippen LogP contribution is 2.22. The Morgan fingerprint density at radius 1 is 1.38 bits per heavy atom. The lowest BCUT2D eigenvalue weighted by molar-refractivity contribution is 1.26. The van der Waals surface area contributed by atoms with E-state index in [0.717, 1.165) is 16.6 Å². The highest BCUT2D eigenvalue weighted by molar-refractivity contribution is 7.97. The van der Waals surface area contributed by atoms with Crippen LogP contribution in [0.2, 0.25) is 0 Å². The van der Waals surface area contributed by atoms with Crippen LogP contribution in [-0.4, -0.2) is 20.2 Å². The van der Waals surface area contributed by atoms with Crippen molar-refractivity contribution in [1.29, 1.82) is 0 Å². The van der Waals surface area contributed by atoms with Crippen LogP contribution in [0.4, 0.5) is 0 Å². The normalized spacial score (nSPS) is 11.3. The second-order valence-corrected chi connectivity index (χ2v) is 4.21. The fourth-order valence-corrected chi connectivity index (χ4v) is 2.34. The molecule has 0 saturated heterocycles. The molecule has 80 valence electrons. The molecule has 16 heavy (non-hydrogen) atoms. The zero-order valence-electron chi connectivity index (χ0n) is 8.60. The van der Waals surface area contributed by atoms with E-state index in [1.54, 1.807) is 24.3 Å². The Hall–Kier alpha value is -1.75. The summed E-state index contributed by atoms with van der Waals surface area (Å²) in [4.78, 5) is 19.1. The highest BCUT2D eigenvalue weighted by atomic mass is 32.2. The number of hydrogen-bond acceptors (Lipinski definition) is 3. The molecule has 0 radical (unpaired) electrons. The first-order valence-corrected chi connectivity index (χ1v) is 6.01. The van der Waals surface area contributed by atoms with Gasteiger partial charge in [-0.05, 0) is 18.0 Å². The van der Waals surface area contributed by atoms with Gasteiger partial charge >= 0.3 is 0 Å². The maximum Gasteiger partial charge on any atom is 0.190 e. The molecule has 0 aromatic carbocycles. The van der Waals surface area contributed by atoms with Crippen molar-refractivity contribution in [2.45, 2.75) is 0 Å². The fraction of sp³-hybridized carbons (Fsp3) is 0.0909. The van der Waals surface area contributed by atoms with Gasteiger partial charge in [0.1, 0.15) is 0 Å². The number of rotatable bonds is 1. The summed E-state index contributed by atoms with van der Waals surface area (Å²) >= 11 is 1.58. The van der Waals surface area contributed by atoms with Crippen LogP contribution in [0.25, 0.3) is 21.9 Å². The minimum absolute atomic E-state index is 0.0000477. The summed E-state index contributed by atoms with van der Waals surface area (Å²) in [5.74, 6) is 0. The van der Waals surface area contributed by atoms with E-state index >= 15 is 0 Å². The largest absolute Gasteiger partial charge is 0.360 e. The Morgan fingerprint density at radius 3 is 3.06 bits per heavy atom. The van der Waals surface area contributed by atoms with Gasteiger partial charge in [0.15, 0.2) is 11.1 Å². The number of nitrogens with one attached hydrogen (secondary N) is 1. The first kappa shape index (κ1) is 9.47. The van der Waals surface area contributed by atoms with Crippen molar-refractivity contribution >= 4 is 33.9 Å². The summed E-state index contributed by atoms with van der Waals surface area (Å²) in [6.07, 6.45) is 7.23. The lowest BCUT2D eigenvalue weighted by atomic mass is 10.2. The molecule has 5 heteroatoms. The van der Waals surface area contributed by atoms with E-state index in [4.69, 9.17) is 0 Å². The molecule has 3 aromatic heterocycles. The second kappa shape index (κ2) is 3.38. The quantitative estimate of drug-likeness (QED) is 0.697. The van der Waals surface area contributed by atoms with Crippen molar-refractivity contribution in [1.82, 2.24) is 13.9 Å². The summed E-state index contributed by atoms with van der Waals surface area (Å²) < 4.78 is 1.97. The standard InChI is InChI=1S/C11H9N3OS/c1-16-14-5-3-7-10-8(6-13-11(7)14)9(15)2-4-12-10/h2-6H,1H3,(H,12,15). The average Bonchev–Trinajstić information content (AvgIpc) is 2.72. The minimum Gasteiger partial charge on any atom is -0.360 e. The zero-order chi connectivity index (χ0) is 11.1. The first-order valence-electron chi connectivity index (χ1n) is 4.83. The Kier molecular flexibility index (Phi) is 2.00. The second-order valence-electron chi connectivity index (χ2n) is 3.45. The van der Waals surface area contributed by atoms with Crippen molar-refractivity contribution < 1.29 is 0 Å². The Bertz CT molecular complexity index is 729. The molecular weight excluding hydrogens is 222 g/mol. The van der Waals surface area contributed by atoms with Gasteiger partial charge in [0.25, 0.3) is 0 Å². The summed E-state index contributed by atoms with van der Waals surface area (Å²) in [5, 5.41) is 1.61. The van der Waals surface area contributed by atoms with Gasteiger partial charge in [-0.25, -0.2) is 4.98 Å². The van der Waals surface area contributed by atoms with Gasteiger partial charge < -0.3 is 4.98 Å². The topological polar surface area (TPSA) is 50.7 Å². The predicted molar refractivity (Wildman–Crippen MR) is 66.8 cm³/mol. The van der Waals surface area contributed by atoms with Crippen LogP contribution in [0, 0.1) is 0 Å². The highest BCUT2D eigenvalue weighted by Gasteiger charge is 2.07. The van der Waals surface area contributed by atoms with E-state index in [-0.39, 0.29) is 5.43 Å². The van der Waals surface area contributed by atoms with Gasteiger partial charge in [-0.3, -0.25) is 8.77 Å². The third-order valence-electron chi connectivity index (χ3n) is 2.61. The van der Waals surface area contributed by atoms with Crippen LogP contribution in [0.15, 0.2) is 35.5 Å². The maximum atomic E-state index is 11.6. The summed E-state index contributed by atoms with van der Waals surface area (Å²) in [6, 6.07) is 3.48. The van der Waals surface area contributed by atoms with Crippen LogP contribution >= 0.6 is 11.9 Å². The predicted octanol–water partition coefficient (Wildman–Crippen LogP) is 2.00. The van der Waals surface area contributed by atoms with Gasteiger partial charge in [-0.2, -0.15) is 0 Å². The van der Waals surface area contributed by atoms with Crippen LogP contribution in [0.5, 0.6) is 0 Å². The number of fused-ring (bicyclic) bond motifs is 3. The molecule has 0 amide bonds. The SMILES string of the molecule is CSn1ccc2c3[nH]ccc(=O)c3cnc21. The van der Waals surface area contributed by atoms with Crippen LogP contribution in [0.1, 0.15) is 0 Å². The molecular formula is C11H9N3OS.